The van der Waals surface area contributed by atoms with Crippen LogP contribution in [0.15, 0.2) is 65.6 Å². The Kier molecular flexibility index (Phi) is 11.3. The number of halogens is 3. The molecule has 0 bridgehead atoms. The fraction of sp³-hybridized carbons (Fsp3) is 0.310. The van der Waals surface area contributed by atoms with Gasteiger partial charge in [-0.05, 0) is 68.3 Å². The fourth-order valence-corrected chi connectivity index (χ4v) is 5.93. The van der Waals surface area contributed by atoms with Crippen LogP contribution in [0, 0.1) is 6.92 Å². The second-order valence-corrected chi connectivity index (χ2v) is 12.5. The number of nitrogens with one attached hydrogen (secondary N) is 1. The van der Waals surface area contributed by atoms with Crippen molar-refractivity contribution in [3.63, 3.8) is 0 Å². The summed E-state index contributed by atoms with van der Waals surface area (Å²) in [6.07, 6.45) is 0.705. The number of amides is 2. The lowest BCUT2D eigenvalue weighted by atomic mass is 10.1. The summed E-state index contributed by atoms with van der Waals surface area (Å²) in [7, 11) is -2.90. The van der Waals surface area contributed by atoms with E-state index in [1.807, 2.05) is 13.8 Å². The minimum atomic E-state index is -4.29. The number of hydrogen-bond donors (Lipinski definition) is 1. The molecule has 0 spiro atoms. The second-order valence-electron chi connectivity index (χ2n) is 9.38. The second kappa shape index (κ2) is 14.3. The van der Waals surface area contributed by atoms with E-state index in [9.17, 15) is 18.0 Å². The van der Waals surface area contributed by atoms with Crippen LogP contribution >= 0.6 is 34.8 Å². The minimum Gasteiger partial charge on any atom is -0.495 e. The molecule has 0 saturated carbocycles. The quantitative estimate of drug-likeness (QED) is 0.258. The summed E-state index contributed by atoms with van der Waals surface area (Å²) in [5.74, 6) is -0.816. The van der Waals surface area contributed by atoms with E-state index in [1.165, 1.54) is 36.3 Å². The molecule has 3 aromatic carbocycles. The summed E-state index contributed by atoms with van der Waals surface area (Å²) < 4.78 is 34.4. The third-order valence-corrected chi connectivity index (χ3v) is 9.10. The molecule has 0 aliphatic rings. The number of benzene rings is 3. The molecule has 12 heteroatoms. The Morgan fingerprint density at radius 3 is 2.27 bits per heavy atom. The van der Waals surface area contributed by atoms with Crippen molar-refractivity contribution in [2.24, 2.45) is 0 Å². The number of aryl methyl sites for hydroxylation is 1. The van der Waals surface area contributed by atoms with Crippen LogP contribution in [0.1, 0.15) is 31.4 Å². The van der Waals surface area contributed by atoms with Crippen molar-refractivity contribution >= 4 is 62.3 Å². The maximum absolute atomic E-state index is 14.0. The molecule has 1 unspecified atom stereocenters. The van der Waals surface area contributed by atoms with E-state index in [4.69, 9.17) is 39.5 Å². The van der Waals surface area contributed by atoms with Gasteiger partial charge >= 0.3 is 0 Å². The van der Waals surface area contributed by atoms with Gasteiger partial charge in [0.1, 0.15) is 18.3 Å². The molecule has 1 N–H and O–H groups in total. The highest BCUT2D eigenvalue weighted by atomic mass is 35.5. The van der Waals surface area contributed by atoms with E-state index >= 15 is 0 Å². The largest absolute Gasteiger partial charge is 0.495 e. The fourth-order valence-electron chi connectivity index (χ4n) is 4.02. The lowest BCUT2D eigenvalue weighted by molar-refractivity contribution is -0.139. The highest BCUT2D eigenvalue weighted by Gasteiger charge is 2.34. The number of rotatable bonds is 12. The van der Waals surface area contributed by atoms with Crippen molar-refractivity contribution in [1.82, 2.24) is 10.2 Å². The monoisotopic (exact) mass is 639 g/mol. The van der Waals surface area contributed by atoms with Gasteiger partial charge in [0.15, 0.2) is 0 Å². The first-order chi connectivity index (χ1) is 19.4. The standard InChI is InChI=1S/C29H32Cl3N3O5S/c1-5-14-33-29(37)20(3)34(17-21-8-12-24(31)25(32)15-21)28(36)18-35(26-16-22(30)9-13-27(26)40-4)41(38,39)23-10-6-19(2)7-11-23/h6-13,15-16,20H,5,14,17-18H2,1-4H3,(H,33,37). The van der Waals surface area contributed by atoms with Gasteiger partial charge in [0.05, 0.1) is 27.7 Å². The van der Waals surface area contributed by atoms with Gasteiger partial charge in [-0.15, -0.1) is 0 Å². The first-order valence-corrected chi connectivity index (χ1v) is 15.4. The smallest absolute Gasteiger partial charge is 0.264 e. The third kappa shape index (κ3) is 8.07. The Balaban J connectivity index is 2.10. The number of anilines is 1. The van der Waals surface area contributed by atoms with E-state index in [2.05, 4.69) is 5.32 Å². The van der Waals surface area contributed by atoms with Crippen molar-refractivity contribution < 1.29 is 22.7 Å². The van der Waals surface area contributed by atoms with Crippen molar-refractivity contribution in [2.45, 2.75) is 44.7 Å². The summed E-state index contributed by atoms with van der Waals surface area (Å²) in [6.45, 7) is 5.09. The van der Waals surface area contributed by atoms with E-state index in [0.717, 1.165) is 9.87 Å². The summed E-state index contributed by atoms with van der Waals surface area (Å²) >= 11 is 18.5. The van der Waals surface area contributed by atoms with Crippen LogP contribution in [0.25, 0.3) is 0 Å². The number of carbonyl (C=O) groups excluding carboxylic acids is 2. The normalized spacial score (nSPS) is 12.0. The summed E-state index contributed by atoms with van der Waals surface area (Å²) in [5.41, 5.74) is 1.55. The molecule has 0 saturated heterocycles. The number of nitrogens with zero attached hydrogens (tertiary/aromatic N) is 2. The minimum absolute atomic E-state index is 0.0253. The van der Waals surface area contributed by atoms with Gasteiger partial charge in [0.25, 0.3) is 10.0 Å². The average molecular weight is 641 g/mol. The molecule has 41 heavy (non-hydrogen) atoms. The number of ether oxygens (including phenoxy) is 1. The van der Waals surface area contributed by atoms with Crippen LogP contribution < -0.4 is 14.4 Å². The molecule has 0 aromatic heterocycles. The average Bonchev–Trinajstić information content (AvgIpc) is 2.94. The van der Waals surface area contributed by atoms with Crippen LogP contribution in [0.5, 0.6) is 5.75 Å². The Labute approximate surface area is 256 Å². The molecule has 0 aliphatic heterocycles. The molecule has 0 radical (unpaired) electrons. The molecular weight excluding hydrogens is 609 g/mol. The van der Waals surface area contributed by atoms with Crippen molar-refractivity contribution in [3.8, 4) is 5.75 Å². The molecule has 2 amide bonds. The van der Waals surface area contributed by atoms with E-state index in [-0.39, 0.29) is 38.8 Å². The summed E-state index contributed by atoms with van der Waals surface area (Å²) in [4.78, 5) is 28.3. The molecule has 220 valence electrons. The topological polar surface area (TPSA) is 96.0 Å². The number of carbonyl (C=O) groups is 2. The van der Waals surface area contributed by atoms with Crippen LogP contribution in [0.3, 0.4) is 0 Å². The van der Waals surface area contributed by atoms with Gasteiger partial charge in [-0.2, -0.15) is 0 Å². The van der Waals surface area contributed by atoms with Crippen LogP contribution in [-0.2, 0) is 26.2 Å². The molecule has 0 heterocycles. The first kappa shape index (κ1) is 32.5. The maximum Gasteiger partial charge on any atom is 0.264 e. The third-order valence-electron chi connectivity index (χ3n) is 6.35. The Morgan fingerprint density at radius 1 is 0.976 bits per heavy atom. The Morgan fingerprint density at radius 2 is 1.66 bits per heavy atom. The number of methoxy groups -OCH3 is 1. The summed E-state index contributed by atoms with van der Waals surface area (Å²) in [5, 5.41) is 3.67. The number of sulfonamides is 1. The van der Waals surface area contributed by atoms with E-state index < -0.39 is 28.5 Å². The Bertz CT molecular complexity index is 1500. The van der Waals surface area contributed by atoms with Crippen molar-refractivity contribution in [2.75, 3.05) is 24.5 Å². The van der Waals surface area contributed by atoms with Crippen molar-refractivity contribution in [1.29, 1.82) is 0 Å². The van der Waals surface area contributed by atoms with Gasteiger partial charge in [0, 0.05) is 18.1 Å². The predicted octanol–water partition coefficient (Wildman–Crippen LogP) is 6.10. The molecule has 8 nitrogen and oxygen atoms in total. The van der Waals surface area contributed by atoms with Crippen LogP contribution in [0.4, 0.5) is 5.69 Å². The van der Waals surface area contributed by atoms with Crippen molar-refractivity contribution in [3.05, 3.63) is 86.9 Å². The molecular formula is C29H32Cl3N3O5S. The van der Waals surface area contributed by atoms with Gasteiger partial charge in [-0.25, -0.2) is 8.42 Å². The van der Waals surface area contributed by atoms with Gasteiger partial charge in [0.2, 0.25) is 11.8 Å². The zero-order valence-corrected chi connectivity index (χ0v) is 26.2. The Hall–Kier alpha value is -2.98. The van der Waals surface area contributed by atoms with Gasteiger partial charge in [-0.1, -0.05) is 65.5 Å². The highest BCUT2D eigenvalue weighted by Crippen LogP contribution is 2.35. The highest BCUT2D eigenvalue weighted by molar-refractivity contribution is 7.92. The molecule has 0 fully saturated rings. The van der Waals surface area contributed by atoms with E-state index in [0.29, 0.717) is 23.6 Å². The molecule has 0 aliphatic carbocycles. The zero-order valence-electron chi connectivity index (χ0n) is 23.2. The van der Waals surface area contributed by atoms with Crippen LogP contribution in [-0.4, -0.2) is 51.4 Å². The SMILES string of the molecule is CCCNC(=O)C(C)N(Cc1ccc(Cl)c(Cl)c1)C(=O)CN(c1cc(Cl)ccc1OC)S(=O)(=O)c1ccc(C)cc1. The van der Waals surface area contributed by atoms with Gasteiger partial charge in [-0.3, -0.25) is 13.9 Å². The zero-order chi connectivity index (χ0) is 30.3. The molecule has 3 rings (SSSR count). The first-order valence-electron chi connectivity index (χ1n) is 12.8. The van der Waals surface area contributed by atoms with E-state index in [1.54, 1.807) is 43.3 Å². The summed E-state index contributed by atoms with van der Waals surface area (Å²) in [6, 6.07) is 14.7. The molecule has 3 aromatic rings. The predicted molar refractivity (Wildman–Crippen MR) is 163 cm³/mol. The number of hydrogen-bond acceptors (Lipinski definition) is 5. The molecule has 1 atom stereocenters. The van der Waals surface area contributed by atoms with Gasteiger partial charge < -0.3 is 15.0 Å². The lowest BCUT2D eigenvalue weighted by Crippen LogP contribution is -2.51. The maximum atomic E-state index is 14.0. The van der Waals surface area contributed by atoms with Crippen LogP contribution in [0.2, 0.25) is 15.1 Å². The lowest BCUT2D eigenvalue weighted by Gasteiger charge is -2.32.